The van der Waals surface area contributed by atoms with Gasteiger partial charge in [-0.2, -0.15) is 0 Å². The highest BCUT2D eigenvalue weighted by molar-refractivity contribution is 4.97. The van der Waals surface area contributed by atoms with Gasteiger partial charge in [-0.3, -0.25) is 4.90 Å². The van der Waals surface area contributed by atoms with Crippen LogP contribution in [0, 0.1) is 11.3 Å². The van der Waals surface area contributed by atoms with E-state index in [1.165, 1.54) is 38.5 Å². The van der Waals surface area contributed by atoms with Crippen LogP contribution in [0.1, 0.15) is 59.3 Å². The Kier molecular flexibility index (Phi) is 4.13. The fourth-order valence-corrected chi connectivity index (χ4v) is 4.51. The van der Waals surface area contributed by atoms with Crippen molar-refractivity contribution in [3.63, 3.8) is 0 Å². The largest absolute Gasteiger partial charge is 0.372 e. The van der Waals surface area contributed by atoms with Gasteiger partial charge >= 0.3 is 0 Å². The molecule has 3 fully saturated rings. The molecule has 0 aromatic heterocycles. The van der Waals surface area contributed by atoms with Crippen LogP contribution in [0.4, 0.5) is 0 Å². The Morgan fingerprint density at radius 2 is 1.75 bits per heavy atom. The molecule has 20 heavy (non-hydrogen) atoms. The molecule has 0 spiro atoms. The molecule has 3 aliphatic rings. The number of hydrogen-bond donors (Lipinski definition) is 1. The van der Waals surface area contributed by atoms with Gasteiger partial charge in [0.1, 0.15) is 0 Å². The van der Waals surface area contributed by atoms with E-state index >= 15 is 0 Å². The Balaban J connectivity index is 1.68. The van der Waals surface area contributed by atoms with E-state index in [-0.39, 0.29) is 0 Å². The highest BCUT2D eigenvalue weighted by Gasteiger charge is 2.42. The second-order valence-corrected chi connectivity index (χ2v) is 7.99. The number of nitrogens with zero attached hydrogens (tertiary/aromatic N) is 1. The van der Waals surface area contributed by atoms with Crippen molar-refractivity contribution in [1.82, 2.24) is 4.90 Å². The van der Waals surface area contributed by atoms with Crippen molar-refractivity contribution in [2.24, 2.45) is 17.1 Å². The van der Waals surface area contributed by atoms with Crippen LogP contribution in [0.3, 0.4) is 0 Å². The fourth-order valence-electron chi connectivity index (χ4n) is 4.51. The lowest BCUT2D eigenvalue weighted by Gasteiger charge is -2.48. The average molecular weight is 280 g/mol. The number of likely N-dealkylation sites (tertiary alicyclic amines) is 1. The summed E-state index contributed by atoms with van der Waals surface area (Å²) < 4.78 is 5.99. The molecule has 5 unspecified atom stereocenters. The molecule has 3 nitrogen and oxygen atoms in total. The van der Waals surface area contributed by atoms with Crippen molar-refractivity contribution in [3.05, 3.63) is 0 Å². The monoisotopic (exact) mass is 280 g/mol. The lowest BCUT2D eigenvalue weighted by Crippen LogP contribution is -2.57. The smallest absolute Gasteiger partial charge is 0.0707 e. The molecule has 2 heterocycles. The van der Waals surface area contributed by atoms with Crippen LogP contribution >= 0.6 is 0 Å². The minimum Gasteiger partial charge on any atom is -0.372 e. The van der Waals surface area contributed by atoms with E-state index in [0.29, 0.717) is 29.7 Å². The minimum atomic E-state index is 0.372. The maximum atomic E-state index is 6.49. The molecule has 0 aromatic carbocycles. The number of rotatable bonds is 3. The average Bonchev–Trinajstić information content (AvgIpc) is 2.77. The van der Waals surface area contributed by atoms with Crippen LogP contribution in [0.15, 0.2) is 0 Å². The Bertz CT molecular complexity index is 332. The maximum Gasteiger partial charge on any atom is 0.0707 e. The summed E-state index contributed by atoms with van der Waals surface area (Å²) in [6, 6.07) is 0.961. The maximum absolute atomic E-state index is 6.49. The van der Waals surface area contributed by atoms with Crippen molar-refractivity contribution in [2.45, 2.75) is 83.6 Å². The molecular weight excluding hydrogens is 248 g/mol. The van der Waals surface area contributed by atoms with E-state index in [4.69, 9.17) is 10.5 Å². The predicted molar refractivity (Wildman–Crippen MR) is 82.6 cm³/mol. The summed E-state index contributed by atoms with van der Waals surface area (Å²) in [6.45, 7) is 9.45. The number of morpholine rings is 1. The molecule has 3 rings (SSSR count). The van der Waals surface area contributed by atoms with Crippen LogP contribution in [-0.2, 0) is 4.74 Å². The Morgan fingerprint density at radius 3 is 2.35 bits per heavy atom. The van der Waals surface area contributed by atoms with E-state index in [2.05, 4.69) is 25.7 Å². The molecule has 116 valence electrons. The van der Waals surface area contributed by atoms with Crippen molar-refractivity contribution in [3.8, 4) is 0 Å². The summed E-state index contributed by atoms with van der Waals surface area (Å²) in [5.41, 5.74) is 6.95. The Morgan fingerprint density at radius 1 is 1.10 bits per heavy atom. The Hall–Kier alpha value is -0.120. The van der Waals surface area contributed by atoms with Gasteiger partial charge in [0.2, 0.25) is 0 Å². The lowest BCUT2D eigenvalue weighted by atomic mass is 9.67. The first kappa shape index (κ1) is 14.8. The molecule has 1 aliphatic carbocycles. The van der Waals surface area contributed by atoms with Gasteiger partial charge in [0.15, 0.2) is 0 Å². The van der Waals surface area contributed by atoms with Crippen LogP contribution in [0.2, 0.25) is 0 Å². The SMILES string of the molecule is CCC(C)(C)C1CCC(N)C(N2CC3CCC(C2)O3)C1. The normalized spacial score (nSPS) is 42.9. The van der Waals surface area contributed by atoms with E-state index in [9.17, 15) is 0 Å². The topological polar surface area (TPSA) is 38.5 Å². The van der Waals surface area contributed by atoms with Gasteiger partial charge in [-0.1, -0.05) is 27.2 Å². The molecule has 5 atom stereocenters. The van der Waals surface area contributed by atoms with Crippen LogP contribution in [-0.4, -0.2) is 42.3 Å². The molecule has 0 radical (unpaired) electrons. The summed E-state index contributed by atoms with van der Waals surface area (Å²) in [7, 11) is 0. The molecule has 1 saturated carbocycles. The standard InChI is InChI=1S/C17H32N2O/c1-4-17(2,3)12-5-8-15(18)16(9-12)19-10-13-6-7-14(11-19)20-13/h12-16H,4-11,18H2,1-3H3. The zero-order valence-corrected chi connectivity index (χ0v) is 13.5. The number of hydrogen-bond acceptors (Lipinski definition) is 3. The summed E-state index contributed by atoms with van der Waals surface area (Å²) in [5, 5.41) is 0. The molecule has 2 aliphatic heterocycles. The van der Waals surface area contributed by atoms with E-state index in [1.54, 1.807) is 0 Å². The van der Waals surface area contributed by atoms with Gasteiger partial charge in [-0.25, -0.2) is 0 Å². The van der Waals surface area contributed by atoms with Gasteiger partial charge in [0, 0.05) is 25.2 Å². The zero-order chi connectivity index (χ0) is 14.3. The van der Waals surface area contributed by atoms with Crippen molar-refractivity contribution < 1.29 is 4.74 Å². The molecule has 0 aromatic rings. The van der Waals surface area contributed by atoms with Crippen molar-refractivity contribution in [1.29, 1.82) is 0 Å². The highest BCUT2D eigenvalue weighted by Crippen LogP contribution is 2.42. The summed E-state index contributed by atoms with van der Waals surface area (Å²) in [5.74, 6) is 0.831. The molecular formula is C17H32N2O. The third kappa shape index (κ3) is 2.77. The third-order valence-corrected chi connectivity index (χ3v) is 6.43. The van der Waals surface area contributed by atoms with Gasteiger partial charge in [0.25, 0.3) is 0 Å². The van der Waals surface area contributed by atoms with Gasteiger partial charge in [-0.15, -0.1) is 0 Å². The number of nitrogens with two attached hydrogens (primary N) is 1. The second-order valence-electron chi connectivity index (χ2n) is 7.99. The van der Waals surface area contributed by atoms with Crippen LogP contribution in [0.5, 0.6) is 0 Å². The molecule has 2 bridgehead atoms. The zero-order valence-electron chi connectivity index (χ0n) is 13.5. The third-order valence-electron chi connectivity index (χ3n) is 6.43. The van der Waals surface area contributed by atoms with E-state index < -0.39 is 0 Å². The lowest BCUT2D eigenvalue weighted by molar-refractivity contribution is -0.0678. The molecule has 2 N–H and O–H groups in total. The van der Waals surface area contributed by atoms with Gasteiger partial charge < -0.3 is 10.5 Å². The van der Waals surface area contributed by atoms with E-state index in [1.807, 2.05) is 0 Å². The van der Waals surface area contributed by atoms with E-state index in [0.717, 1.165) is 19.0 Å². The quantitative estimate of drug-likeness (QED) is 0.864. The first-order chi connectivity index (χ1) is 9.49. The number of fused-ring (bicyclic) bond motifs is 2. The van der Waals surface area contributed by atoms with Crippen molar-refractivity contribution >= 4 is 0 Å². The van der Waals surface area contributed by atoms with Crippen LogP contribution < -0.4 is 5.73 Å². The summed E-state index contributed by atoms with van der Waals surface area (Å²) in [4.78, 5) is 2.68. The first-order valence-corrected chi connectivity index (χ1v) is 8.64. The first-order valence-electron chi connectivity index (χ1n) is 8.64. The van der Waals surface area contributed by atoms with Crippen molar-refractivity contribution in [2.75, 3.05) is 13.1 Å². The summed E-state index contributed by atoms with van der Waals surface area (Å²) in [6.07, 6.45) is 8.57. The van der Waals surface area contributed by atoms with Gasteiger partial charge in [0.05, 0.1) is 12.2 Å². The van der Waals surface area contributed by atoms with Gasteiger partial charge in [-0.05, 0) is 43.4 Å². The Labute approximate surface area is 124 Å². The predicted octanol–water partition coefficient (Wildman–Crippen LogP) is 2.78. The molecule has 2 saturated heterocycles. The fraction of sp³-hybridized carbons (Fsp3) is 1.00. The second kappa shape index (κ2) is 5.58. The molecule has 0 amide bonds. The summed E-state index contributed by atoms with van der Waals surface area (Å²) >= 11 is 0. The minimum absolute atomic E-state index is 0.372. The number of ether oxygens (including phenoxy) is 1. The molecule has 3 heteroatoms. The van der Waals surface area contributed by atoms with Crippen LogP contribution in [0.25, 0.3) is 0 Å². The highest BCUT2D eigenvalue weighted by atomic mass is 16.5.